The maximum absolute atomic E-state index is 12.7. The molecule has 5 rings (SSSR count). The zero-order valence-electron chi connectivity index (χ0n) is 23.8. The third kappa shape index (κ3) is 8.31. The van der Waals surface area contributed by atoms with Gasteiger partial charge in [0, 0.05) is 35.7 Å². The summed E-state index contributed by atoms with van der Waals surface area (Å²) in [6, 6.07) is 11.3. The van der Waals surface area contributed by atoms with E-state index in [9.17, 15) is 18.4 Å². The molecule has 2 aromatic carbocycles. The largest absolute Gasteiger partial charge is 0.497 e. The number of alkyl halides is 2. The quantitative estimate of drug-likeness (QED) is 0.300. The van der Waals surface area contributed by atoms with Crippen molar-refractivity contribution in [3.05, 3.63) is 72.3 Å². The van der Waals surface area contributed by atoms with Crippen LogP contribution >= 0.6 is 0 Å². The molecule has 0 atom stereocenters. The van der Waals surface area contributed by atoms with Crippen LogP contribution in [0.3, 0.4) is 0 Å². The standard InChI is InChI=1S/C16H16F2N4O2.C13H13N3O3/c1-11-5-12(7-13(6-11)24-2)15-19-10-22(20-15)4-3-14(23)21-8-16(17,18)9-21;1-9-5-10(7-11(6-9)19-2)13-14-8-16(15-13)4-3-12(17)18/h3-7,10H,8-9H2,1-2H3;3-8H,1-2H3,(H,17,18)/b2*4-3-. The number of carboxylic acid groups (broad SMARTS) is 1. The molecule has 1 fully saturated rings. The Morgan fingerprint density at radius 2 is 1.28 bits per heavy atom. The Morgan fingerprint density at radius 3 is 1.70 bits per heavy atom. The van der Waals surface area contributed by atoms with Gasteiger partial charge in [0.15, 0.2) is 11.6 Å². The minimum Gasteiger partial charge on any atom is -0.497 e. The Kier molecular flexibility index (Phi) is 9.28. The zero-order chi connectivity index (χ0) is 31.1. The van der Waals surface area contributed by atoms with Gasteiger partial charge in [0.25, 0.3) is 5.92 Å². The summed E-state index contributed by atoms with van der Waals surface area (Å²) in [5.41, 5.74) is 3.64. The number of carboxylic acids is 1. The molecule has 224 valence electrons. The first-order valence-corrected chi connectivity index (χ1v) is 12.8. The van der Waals surface area contributed by atoms with Crippen LogP contribution < -0.4 is 9.47 Å². The van der Waals surface area contributed by atoms with Crippen molar-refractivity contribution in [1.82, 2.24) is 34.4 Å². The molecule has 2 aromatic heterocycles. The van der Waals surface area contributed by atoms with E-state index < -0.39 is 30.9 Å². The summed E-state index contributed by atoms with van der Waals surface area (Å²) in [6.07, 6.45) is 7.80. The molecule has 1 amide bonds. The number of ether oxygens (including phenoxy) is 2. The van der Waals surface area contributed by atoms with Gasteiger partial charge in [-0.25, -0.2) is 32.9 Å². The van der Waals surface area contributed by atoms with Gasteiger partial charge < -0.3 is 19.5 Å². The van der Waals surface area contributed by atoms with Crippen LogP contribution in [-0.2, 0) is 9.59 Å². The van der Waals surface area contributed by atoms with Crippen LogP contribution in [0.25, 0.3) is 35.2 Å². The molecule has 1 N–H and O–H groups in total. The second kappa shape index (κ2) is 13.1. The number of amides is 1. The zero-order valence-corrected chi connectivity index (χ0v) is 23.8. The summed E-state index contributed by atoms with van der Waals surface area (Å²) in [6.45, 7) is 2.81. The molecule has 1 aliphatic rings. The van der Waals surface area contributed by atoms with Crippen LogP contribution in [0.4, 0.5) is 8.78 Å². The fraction of sp³-hybridized carbons (Fsp3) is 0.241. The summed E-state index contributed by atoms with van der Waals surface area (Å²) >= 11 is 0. The Balaban J connectivity index is 0.000000203. The summed E-state index contributed by atoms with van der Waals surface area (Å²) in [4.78, 5) is 31.5. The lowest BCUT2D eigenvalue weighted by Crippen LogP contribution is -2.58. The van der Waals surface area contributed by atoms with Gasteiger partial charge in [-0.2, -0.15) is 0 Å². The Labute approximate surface area is 245 Å². The van der Waals surface area contributed by atoms with E-state index in [-0.39, 0.29) is 0 Å². The number of aryl methyl sites for hydroxylation is 2. The topological polar surface area (TPSA) is 137 Å². The molecule has 0 saturated carbocycles. The fourth-order valence-corrected chi connectivity index (χ4v) is 4.00. The molecule has 0 bridgehead atoms. The van der Waals surface area contributed by atoms with E-state index >= 15 is 0 Å². The second-order valence-corrected chi connectivity index (χ2v) is 9.59. The molecule has 0 unspecified atom stereocenters. The fourth-order valence-electron chi connectivity index (χ4n) is 4.00. The number of rotatable bonds is 8. The van der Waals surface area contributed by atoms with Crippen molar-refractivity contribution in [2.45, 2.75) is 19.8 Å². The van der Waals surface area contributed by atoms with Gasteiger partial charge in [-0.1, -0.05) is 0 Å². The molecule has 1 aliphatic heterocycles. The van der Waals surface area contributed by atoms with Crippen LogP contribution in [0.5, 0.6) is 11.5 Å². The summed E-state index contributed by atoms with van der Waals surface area (Å²) in [5, 5.41) is 17.0. The molecule has 0 spiro atoms. The number of halogens is 2. The lowest BCUT2D eigenvalue weighted by Gasteiger charge is -2.37. The van der Waals surface area contributed by atoms with Crippen LogP contribution in [0, 0.1) is 13.8 Å². The normalized spacial score (nSPS) is 13.9. The lowest BCUT2D eigenvalue weighted by atomic mass is 10.1. The minimum atomic E-state index is -2.77. The van der Waals surface area contributed by atoms with Crippen molar-refractivity contribution in [1.29, 1.82) is 0 Å². The highest BCUT2D eigenvalue weighted by Crippen LogP contribution is 2.27. The van der Waals surface area contributed by atoms with Crippen LogP contribution in [0.15, 0.2) is 61.2 Å². The van der Waals surface area contributed by atoms with Crippen LogP contribution in [0.1, 0.15) is 11.1 Å². The average Bonchev–Trinajstić information content (AvgIpc) is 3.63. The first kappa shape index (κ1) is 30.6. The second-order valence-electron chi connectivity index (χ2n) is 9.59. The van der Waals surface area contributed by atoms with Gasteiger partial charge in [-0.15, -0.1) is 10.2 Å². The molecule has 14 heteroatoms. The molecule has 3 heterocycles. The first-order chi connectivity index (χ1) is 20.4. The van der Waals surface area contributed by atoms with Crippen LogP contribution in [0.2, 0.25) is 0 Å². The van der Waals surface area contributed by atoms with Crippen molar-refractivity contribution >= 4 is 24.3 Å². The van der Waals surface area contributed by atoms with Gasteiger partial charge in [0.1, 0.15) is 24.2 Å². The number of benzene rings is 2. The van der Waals surface area contributed by atoms with Crippen molar-refractivity contribution in [3.8, 4) is 34.3 Å². The third-order valence-electron chi connectivity index (χ3n) is 6.00. The lowest BCUT2D eigenvalue weighted by molar-refractivity contribution is -0.160. The van der Waals surface area contributed by atoms with E-state index in [0.717, 1.165) is 39.0 Å². The average molecular weight is 594 g/mol. The molecular weight excluding hydrogens is 564 g/mol. The molecule has 0 aliphatic carbocycles. The Bertz CT molecular complexity index is 1670. The van der Waals surface area contributed by atoms with Crippen LogP contribution in [-0.4, -0.2) is 84.6 Å². The third-order valence-corrected chi connectivity index (χ3v) is 6.00. The number of carbonyl (C=O) groups excluding carboxylic acids is 1. The summed E-state index contributed by atoms with van der Waals surface area (Å²) in [7, 11) is 3.18. The Hall–Kier alpha value is -5.40. The Morgan fingerprint density at radius 1 is 0.814 bits per heavy atom. The highest BCUT2D eigenvalue weighted by atomic mass is 19.3. The maximum atomic E-state index is 12.7. The predicted octanol–water partition coefficient (Wildman–Crippen LogP) is 4.03. The number of hydrogen-bond donors (Lipinski definition) is 1. The highest BCUT2D eigenvalue weighted by molar-refractivity contribution is 5.90. The number of carbonyl (C=O) groups is 2. The van der Waals surface area contributed by atoms with E-state index in [1.54, 1.807) is 14.2 Å². The van der Waals surface area contributed by atoms with E-state index in [2.05, 4.69) is 20.2 Å². The predicted molar refractivity (Wildman–Crippen MR) is 153 cm³/mol. The number of methoxy groups -OCH3 is 2. The van der Waals surface area contributed by atoms with Crippen molar-refractivity contribution in [3.63, 3.8) is 0 Å². The molecule has 1 saturated heterocycles. The number of nitrogens with zero attached hydrogens (tertiary/aromatic N) is 7. The first-order valence-electron chi connectivity index (χ1n) is 12.8. The van der Waals surface area contributed by atoms with Gasteiger partial charge in [0.2, 0.25) is 5.91 Å². The van der Waals surface area contributed by atoms with Crippen molar-refractivity contribution in [2.75, 3.05) is 27.3 Å². The molecule has 0 radical (unpaired) electrons. The minimum absolute atomic E-state index is 0.476. The van der Waals surface area contributed by atoms with E-state index in [0.29, 0.717) is 17.4 Å². The number of aliphatic carboxylic acids is 1. The smallest absolute Gasteiger partial charge is 0.329 e. The molecule has 12 nitrogen and oxygen atoms in total. The maximum Gasteiger partial charge on any atom is 0.329 e. The van der Waals surface area contributed by atoms with E-state index in [1.807, 2.05) is 50.2 Å². The summed E-state index contributed by atoms with van der Waals surface area (Å²) < 4.78 is 38.6. The number of hydrogen-bond acceptors (Lipinski definition) is 8. The molecule has 43 heavy (non-hydrogen) atoms. The van der Waals surface area contributed by atoms with Gasteiger partial charge in [0.05, 0.1) is 27.3 Å². The molecule has 4 aromatic rings. The van der Waals surface area contributed by atoms with Gasteiger partial charge >= 0.3 is 5.97 Å². The monoisotopic (exact) mass is 593 g/mol. The SMILES string of the molecule is COc1cc(C)cc(-c2ncn(/C=C\C(=O)N3CC(F)(F)C3)n2)c1.COc1cc(C)cc(-c2ncn(/C=C\C(=O)O)n2)c1. The van der Waals surface area contributed by atoms with Crippen molar-refractivity contribution in [2.24, 2.45) is 0 Å². The van der Waals surface area contributed by atoms with E-state index in [4.69, 9.17) is 14.6 Å². The number of aromatic nitrogens is 6. The van der Waals surface area contributed by atoms with E-state index in [1.165, 1.54) is 40.5 Å². The van der Waals surface area contributed by atoms with Gasteiger partial charge in [-0.3, -0.25) is 4.79 Å². The molecular formula is C29H29F2N7O5. The number of likely N-dealkylation sites (tertiary alicyclic amines) is 1. The van der Waals surface area contributed by atoms with Crippen molar-refractivity contribution < 1.29 is 33.0 Å². The summed E-state index contributed by atoms with van der Waals surface area (Å²) in [5.74, 6) is -1.86. The highest BCUT2D eigenvalue weighted by Gasteiger charge is 2.45. The van der Waals surface area contributed by atoms with Gasteiger partial charge in [-0.05, 0) is 61.4 Å².